The molecule has 2 aliphatic heterocycles. The minimum Gasteiger partial charge on any atom is -0.456 e. The van der Waals surface area contributed by atoms with E-state index < -0.39 is 5.41 Å². The molecule has 3 nitrogen and oxygen atoms in total. The zero-order valence-electron chi connectivity index (χ0n) is 26.1. The highest BCUT2D eigenvalue weighted by atomic mass is 16.5. The van der Waals surface area contributed by atoms with E-state index in [1.165, 1.54) is 44.2 Å². The fourth-order valence-corrected chi connectivity index (χ4v) is 8.20. The van der Waals surface area contributed by atoms with Gasteiger partial charge in [0.15, 0.2) is 0 Å². The summed E-state index contributed by atoms with van der Waals surface area (Å²) in [6, 6.07) is 56.4. The van der Waals surface area contributed by atoms with Crippen molar-refractivity contribution in [1.82, 2.24) is 5.43 Å². The highest BCUT2D eigenvalue weighted by Crippen LogP contribution is 2.63. The third-order valence-electron chi connectivity index (χ3n) is 10.3. The van der Waals surface area contributed by atoms with Crippen molar-refractivity contribution in [2.45, 2.75) is 11.5 Å². The molecule has 0 fully saturated rings. The van der Waals surface area contributed by atoms with Gasteiger partial charge in [-0.1, -0.05) is 152 Å². The second kappa shape index (κ2) is 10.4. The zero-order chi connectivity index (χ0) is 31.7. The lowest BCUT2D eigenvalue weighted by Crippen LogP contribution is -2.32. The minimum atomic E-state index is -0.481. The Labute approximate surface area is 279 Å². The highest BCUT2D eigenvalue weighted by molar-refractivity contribution is 6.16. The average molecular weight is 615 g/mol. The minimum absolute atomic E-state index is 0.0511. The van der Waals surface area contributed by atoms with Crippen LogP contribution in [0.5, 0.6) is 11.5 Å². The quantitative estimate of drug-likeness (QED) is 0.215. The van der Waals surface area contributed by atoms with Crippen LogP contribution in [0.3, 0.4) is 0 Å². The molecule has 2 heterocycles. The molecule has 0 radical (unpaired) electrons. The van der Waals surface area contributed by atoms with Gasteiger partial charge in [0.2, 0.25) is 0 Å². The molecule has 3 heteroatoms. The Hall–Kier alpha value is -6.19. The maximum atomic E-state index is 6.91. The second-order valence-electron chi connectivity index (χ2n) is 12.7. The van der Waals surface area contributed by atoms with Crippen molar-refractivity contribution in [1.29, 1.82) is 0 Å². The second-order valence-corrected chi connectivity index (χ2v) is 12.7. The molecule has 48 heavy (non-hydrogen) atoms. The number of ether oxygens (including phenoxy) is 1. The Morgan fingerprint density at radius 2 is 1.17 bits per heavy atom. The highest BCUT2D eigenvalue weighted by Gasteiger charge is 2.51. The van der Waals surface area contributed by atoms with Crippen LogP contribution in [0.4, 0.5) is 0 Å². The molecule has 0 saturated heterocycles. The molecular weight excluding hydrogens is 585 g/mol. The van der Waals surface area contributed by atoms with E-state index in [9.17, 15) is 0 Å². The van der Waals surface area contributed by atoms with Crippen molar-refractivity contribution in [3.63, 3.8) is 0 Å². The van der Waals surface area contributed by atoms with E-state index in [0.29, 0.717) is 0 Å². The van der Waals surface area contributed by atoms with Gasteiger partial charge in [0.05, 0.1) is 17.2 Å². The lowest BCUT2D eigenvalue weighted by atomic mass is 9.65. The number of nitrogens with zero attached hydrogens (tertiary/aromatic N) is 1. The van der Waals surface area contributed by atoms with Crippen molar-refractivity contribution in [3.05, 3.63) is 203 Å². The van der Waals surface area contributed by atoms with E-state index >= 15 is 0 Å². The molecule has 0 amide bonds. The molecule has 226 valence electrons. The molecule has 3 aliphatic rings. The predicted molar refractivity (Wildman–Crippen MR) is 195 cm³/mol. The number of benzene rings is 7. The van der Waals surface area contributed by atoms with Crippen LogP contribution in [-0.4, -0.2) is 5.71 Å². The van der Waals surface area contributed by atoms with E-state index in [1.807, 2.05) is 0 Å². The molecule has 1 spiro atoms. The number of hydrogen-bond donors (Lipinski definition) is 1. The van der Waals surface area contributed by atoms with Gasteiger partial charge in [-0.25, -0.2) is 0 Å². The SMILES string of the molecule is C1=CC(c2cccc(-c3cccc4c3Oc3ccccc3C43c4ccccc4-c4ccccc43)c2)NN=C1c1cccc2ccccc12. The van der Waals surface area contributed by atoms with Gasteiger partial charge in [0.1, 0.15) is 11.5 Å². The monoisotopic (exact) mass is 614 g/mol. The number of allylic oxidation sites excluding steroid dienone is 1. The van der Waals surface area contributed by atoms with Crippen LogP contribution >= 0.6 is 0 Å². The lowest BCUT2D eigenvalue weighted by Gasteiger charge is -2.40. The van der Waals surface area contributed by atoms with E-state index in [4.69, 9.17) is 9.84 Å². The predicted octanol–water partition coefficient (Wildman–Crippen LogP) is 10.6. The van der Waals surface area contributed by atoms with Crippen LogP contribution in [0.2, 0.25) is 0 Å². The number of hydrazone groups is 1. The molecule has 1 aliphatic carbocycles. The molecular formula is C45H30N2O. The van der Waals surface area contributed by atoms with Gasteiger partial charge in [0.25, 0.3) is 0 Å². The first-order chi connectivity index (χ1) is 23.8. The Morgan fingerprint density at radius 3 is 1.98 bits per heavy atom. The number of hydrogen-bond acceptors (Lipinski definition) is 3. The van der Waals surface area contributed by atoms with E-state index in [2.05, 4.69) is 175 Å². The Balaban J connectivity index is 1.08. The summed E-state index contributed by atoms with van der Waals surface area (Å²) in [6.07, 6.45) is 4.34. The molecule has 0 bridgehead atoms. The molecule has 1 atom stereocenters. The maximum absolute atomic E-state index is 6.91. The standard InChI is InChI=1S/C45H30N2O/c1-2-16-32-29(12-1)13-10-20-36(32)42-27-26-41(46-47-42)31-15-9-14-30(28-31)33-19-11-24-40-44(33)48-43-25-8-7-23-39(43)45(40)37-21-5-3-17-34(37)35-18-4-6-22-38(35)45/h1-28,41,46H. The summed E-state index contributed by atoms with van der Waals surface area (Å²) in [6.45, 7) is 0. The van der Waals surface area contributed by atoms with E-state index in [0.717, 1.165) is 39.5 Å². The first-order valence-corrected chi connectivity index (χ1v) is 16.5. The summed E-state index contributed by atoms with van der Waals surface area (Å²) < 4.78 is 6.91. The fourth-order valence-electron chi connectivity index (χ4n) is 8.20. The number of fused-ring (bicyclic) bond motifs is 10. The maximum Gasteiger partial charge on any atom is 0.140 e. The van der Waals surface area contributed by atoms with Crippen molar-refractivity contribution < 1.29 is 4.74 Å². The van der Waals surface area contributed by atoms with Crippen LogP contribution in [0, 0.1) is 0 Å². The summed E-state index contributed by atoms with van der Waals surface area (Å²) in [4.78, 5) is 0. The number of para-hydroxylation sites is 2. The van der Waals surface area contributed by atoms with Gasteiger partial charge in [-0.3, -0.25) is 5.43 Å². The summed E-state index contributed by atoms with van der Waals surface area (Å²) in [5, 5.41) is 7.26. The fraction of sp³-hybridized carbons (Fsp3) is 0.0444. The number of rotatable bonds is 3. The molecule has 0 aromatic heterocycles. The van der Waals surface area contributed by atoms with Crippen LogP contribution in [0.1, 0.15) is 39.4 Å². The third-order valence-corrected chi connectivity index (χ3v) is 10.3. The van der Waals surface area contributed by atoms with Gasteiger partial charge in [-0.2, -0.15) is 5.10 Å². The summed E-state index contributed by atoms with van der Waals surface area (Å²) >= 11 is 0. The first kappa shape index (κ1) is 27.0. The van der Waals surface area contributed by atoms with Crippen molar-refractivity contribution in [3.8, 4) is 33.8 Å². The molecule has 1 N–H and O–H groups in total. The molecule has 1 unspecified atom stereocenters. The van der Waals surface area contributed by atoms with Crippen LogP contribution in [0.25, 0.3) is 33.0 Å². The van der Waals surface area contributed by atoms with Crippen LogP contribution in [0.15, 0.2) is 175 Å². The van der Waals surface area contributed by atoms with E-state index in [1.54, 1.807) is 0 Å². The van der Waals surface area contributed by atoms with Gasteiger partial charge in [-0.15, -0.1) is 0 Å². The van der Waals surface area contributed by atoms with Gasteiger partial charge < -0.3 is 4.74 Å². The number of nitrogens with one attached hydrogen (secondary N) is 1. The Morgan fingerprint density at radius 1 is 0.542 bits per heavy atom. The molecule has 7 aromatic rings. The van der Waals surface area contributed by atoms with Gasteiger partial charge in [0, 0.05) is 22.3 Å². The van der Waals surface area contributed by atoms with Crippen molar-refractivity contribution in [2.24, 2.45) is 5.10 Å². The summed E-state index contributed by atoms with van der Waals surface area (Å²) in [7, 11) is 0. The average Bonchev–Trinajstić information content (AvgIpc) is 3.45. The van der Waals surface area contributed by atoms with E-state index in [-0.39, 0.29) is 6.04 Å². The third kappa shape index (κ3) is 3.79. The largest absolute Gasteiger partial charge is 0.456 e. The Bertz CT molecular complexity index is 2440. The topological polar surface area (TPSA) is 33.6 Å². The summed E-state index contributed by atoms with van der Waals surface area (Å²) in [5.74, 6) is 1.80. The van der Waals surface area contributed by atoms with Crippen molar-refractivity contribution >= 4 is 16.5 Å². The molecule has 0 saturated carbocycles. The first-order valence-electron chi connectivity index (χ1n) is 16.5. The van der Waals surface area contributed by atoms with Crippen LogP contribution < -0.4 is 10.2 Å². The molecule has 10 rings (SSSR count). The smallest absolute Gasteiger partial charge is 0.140 e. The van der Waals surface area contributed by atoms with Crippen LogP contribution in [-0.2, 0) is 5.41 Å². The van der Waals surface area contributed by atoms with Crippen molar-refractivity contribution in [2.75, 3.05) is 0 Å². The Kier molecular flexibility index (Phi) is 5.85. The van der Waals surface area contributed by atoms with Gasteiger partial charge >= 0.3 is 0 Å². The normalized spacial score (nSPS) is 16.2. The summed E-state index contributed by atoms with van der Waals surface area (Å²) in [5.41, 5.74) is 15.8. The van der Waals surface area contributed by atoms with Gasteiger partial charge in [-0.05, 0) is 62.4 Å². The lowest BCUT2D eigenvalue weighted by molar-refractivity contribution is 0.438. The zero-order valence-corrected chi connectivity index (χ0v) is 26.1. The molecule has 7 aromatic carbocycles.